The Morgan fingerprint density at radius 3 is 2.33 bits per heavy atom. The van der Waals surface area contributed by atoms with Crippen LogP contribution in [0.4, 0.5) is 0 Å². The number of nitrogens with zero attached hydrogens (tertiary/aromatic N) is 2. The van der Waals surface area contributed by atoms with Crippen LogP contribution in [0.2, 0.25) is 0 Å². The fraction of sp³-hybridized carbons (Fsp3) is 0.317. The number of amides is 4. The van der Waals surface area contributed by atoms with Crippen molar-refractivity contribution in [1.82, 2.24) is 30.7 Å². The van der Waals surface area contributed by atoms with Crippen LogP contribution >= 0.6 is 15.9 Å². The maximum Gasteiger partial charge on any atom is 0.254 e. The zero-order valence-corrected chi connectivity index (χ0v) is 30.7. The van der Waals surface area contributed by atoms with Crippen LogP contribution in [0.1, 0.15) is 40.7 Å². The molecule has 0 saturated carbocycles. The van der Waals surface area contributed by atoms with Crippen LogP contribution in [0.3, 0.4) is 0 Å². The Kier molecular flexibility index (Phi) is 10.7. The van der Waals surface area contributed by atoms with Gasteiger partial charge in [0, 0.05) is 54.2 Å². The minimum atomic E-state index is -1.23. The SMILES string of the molecule is CN(Cc1ccc(Br)cc1)C(=O)[C@H](Cc1ccc2ccccc2c1)NC(=O)[C@H](CC(=O)NC1CN2CCC1CC2)NC(=O)c1c[nH]c2ccccc12. The second kappa shape index (κ2) is 15.7. The van der Waals surface area contributed by atoms with Crippen molar-refractivity contribution < 1.29 is 19.2 Å². The van der Waals surface area contributed by atoms with Crippen molar-refractivity contribution in [2.75, 3.05) is 26.7 Å². The standard InChI is InChI=1S/C41H43BrN6O4/c1-47(24-26-11-14-31(42)15-12-26)41(52)36(21-27-10-13-28-6-2-3-7-30(28)20-27)46-40(51)35(22-38(49)44-37-25-48-18-16-29(37)17-19-48)45-39(50)33-23-43-34-9-5-4-8-32(33)34/h2-15,20,23,29,35-37,43H,16-19,21-22,24-25H2,1H3,(H,44,49)(H,45,50)(H,46,51)/t35-,36-,37?/m0/s1. The van der Waals surface area contributed by atoms with Gasteiger partial charge in [0.1, 0.15) is 12.1 Å². The van der Waals surface area contributed by atoms with Crippen molar-refractivity contribution in [3.8, 4) is 0 Å². The smallest absolute Gasteiger partial charge is 0.254 e. The molecule has 3 fully saturated rings. The Hall–Kier alpha value is -5.00. The van der Waals surface area contributed by atoms with Crippen LogP contribution in [0, 0.1) is 5.92 Å². The summed E-state index contributed by atoms with van der Waals surface area (Å²) in [5, 5.41) is 11.8. The predicted octanol–water partition coefficient (Wildman–Crippen LogP) is 5.17. The molecule has 8 rings (SSSR count). The molecule has 4 aromatic carbocycles. The molecule has 3 aliphatic heterocycles. The highest BCUT2D eigenvalue weighted by atomic mass is 79.9. The predicted molar refractivity (Wildman–Crippen MR) is 205 cm³/mol. The first-order chi connectivity index (χ1) is 25.2. The van der Waals surface area contributed by atoms with E-state index in [9.17, 15) is 19.2 Å². The van der Waals surface area contributed by atoms with Crippen LogP contribution in [0.5, 0.6) is 0 Å². The summed E-state index contributed by atoms with van der Waals surface area (Å²) < 4.78 is 0.935. The summed E-state index contributed by atoms with van der Waals surface area (Å²) in [6.07, 6.45) is 3.60. The maximum absolute atomic E-state index is 14.3. The number of carbonyl (C=O) groups excluding carboxylic acids is 4. The minimum absolute atomic E-state index is 0.00230. The Balaban J connectivity index is 1.14. The van der Waals surface area contributed by atoms with E-state index in [2.05, 4.69) is 41.8 Å². The fourth-order valence-corrected chi connectivity index (χ4v) is 7.83. The molecular weight excluding hydrogens is 720 g/mol. The number of carbonyl (C=O) groups is 4. The van der Waals surface area contributed by atoms with Crippen molar-refractivity contribution in [3.63, 3.8) is 0 Å². The molecule has 52 heavy (non-hydrogen) atoms. The lowest BCUT2D eigenvalue weighted by molar-refractivity contribution is -0.136. The second-order valence-electron chi connectivity index (χ2n) is 14.1. The molecule has 5 aromatic rings. The van der Waals surface area contributed by atoms with Crippen molar-refractivity contribution in [2.45, 2.75) is 50.4 Å². The molecule has 3 atom stereocenters. The van der Waals surface area contributed by atoms with Gasteiger partial charge in [0.2, 0.25) is 17.7 Å². The van der Waals surface area contributed by atoms with E-state index in [1.165, 1.54) is 0 Å². The van der Waals surface area contributed by atoms with E-state index in [0.717, 1.165) is 64.4 Å². The number of hydrogen-bond acceptors (Lipinski definition) is 5. The molecule has 1 unspecified atom stereocenters. The number of benzene rings is 4. The highest BCUT2D eigenvalue weighted by molar-refractivity contribution is 9.10. The van der Waals surface area contributed by atoms with Crippen LogP contribution in [-0.2, 0) is 27.3 Å². The average Bonchev–Trinajstić information content (AvgIpc) is 3.60. The molecule has 1 aromatic heterocycles. The van der Waals surface area contributed by atoms with Gasteiger partial charge in [-0.05, 0) is 71.9 Å². The third-order valence-corrected chi connectivity index (χ3v) is 11.0. The third-order valence-electron chi connectivity index (χ3n) is 10.4. The normalized spacial score (nSPS) is 19.2. The monoisotopic (exact) mass is 762 g/mol. The first-order valence-electron chi connectivity index (χ1n) is 17.9. The molecule has 4 amide bonds. The molecule has 4 heterocycles. The number of hydrogen-bond donors (Lipinski definition) is 4. The van der Waals surface area contributed by atoms with Crippen molar-refractivity contribution in [3.05, 3.63) is 118 Å². The van der Waals surface area contributed by atoms with Gasteiger partial charge < -0.3 is 30.7 Å². The summed E-state index contributed by atoms with van der Waals surface area (Å²) in [7, 11) is 1.71. The van der Waals surface area contributed by atoms with Gasteiger partial charge in [-0.3, -0.25) is 19.2 Å². The molecule has 268 valence electrons. The van der Waals surface area contributed by atoms with E-state index >= 15 is 0 Å². The zero-order valence-electron chi connectivity index (χ0n) is 29.1. The summed E-state index contributed by atoms with van der Waals surface area (Å²) >= 11 is 3.46. The molecule has 4 N–H and O–H groups in total. The first kappa shape index (κ1) is 35.4. The zero-order chi connectivity index (χ0) is 36.2. The number of nitrogens with one attached hydrogen (secondary N) is 4. The number of aromatic amines is 1. The molecule has 0 spiro atoms. The van der Waals surface area contributed by atoms with Gasteiger partial charge in [-0.15, -0.1) is 0 Å². The fourth-order valence-electron chi connectivity index (χ4n) is 7.57. The van der Waals surface area contributed by atoms with Crippen LogP contribution in [0.15, 0.2) is 102 Å². The Labute approximate surface area is 311 Å². The number of rotatable bonds is 12. The molecule has 0 radical (unpaired) electrons. The third kappa shape index (κ3) is 8.21. The van der Waals surface area contributed by atoms with E-state index in [-0.39, 0.29) is 30.7 Å². The minimum Gasteiger partial charge on any atom is -0.360 e. The molecule has 10 nitrogen and oxygen atoms in total. The summed E-state index contributed by atoms with van der Waals surface area (Å²) in [5.41, 5.74) is 2.95. The van der Waals surface area contributed by atoms with E-state index in [0.29, 0.717) is 23.4 Å². The molecule has 2 bridgehead atoms. The molecule has 0 aliphatic carbocycles. The van der Waals surface area contributed by atoms with Crippen molar-refractivity contribution in [1.29, 1.82) is 0 Å². The molecule has 3 saturated heterocycles. The number of H-pyrrole nitrogens is 1. The van der Waals surface area contributed by atoms with Crippen molar-refractivity contribution >= 4 is 61.2 Å². The largest absolute Gasteiger partial charge is 0.360 e. The number of aromatic nitrogens is 1. The maximum atomic E-state index is 14.3. The van der Waals surface area contributed by atoms with Gasteiger partial charge in [-0.2, -0.15) is 0 Å². The second-order valence-corrected chi connectivity index (χ2v) is 15.0. The van der Waals surface area contributed by atoms with Crippen molar-refractivity contribution in [2.24, 2.45) is 5.92 Å². The highest BCUT2D eigenvalue weighted by Crippen LogP contribution is 2.28. The summed E-state index contributed by atoms with van der Waals surface area (Å²) in [5.74, 6) is -1.30. The van der Waals surface area contributed by atoms with E-state index in [1.807, 2.05) is 91.0 Å². The lowest BCUT2D eigenvalue weighted by Crippen LogP contribution is -2.59. The molecule has 3 aliphatic rings. The highest BCUT2D eigenvalue weighted by Gasteiger charge is 2.36. The Morgan fingerprint density at radius 1 is 0.865 bits per heavy atom. The number of para-hydroxylation sites is 1. The van der Waals surface area contributed by atoms with Crippen LogP contribution < -0.4 is 16.0 Å². The lowest BCUT2D eigenvalue weighted by Gasteiger charge is -2.45. The van der Waals surface area contributed by atoms with Gasteiger partial charge in [-0.25, -0.2) is 0 Å². The number of fused-ring (bicyclic) bond motifs is 5. The topological polar surface area (TPSA) is 127 Å². The molecular formula is C41H43BrN6O4. The number of halogens is 1. The van der Waals surface area contributed by atoms with Gasteiger partial charge in [0.25, 0.3) is 5.91 Å². The van der Waals surface area contributed by atoms with Gasteiger partial charge in [0.05, 0.1) is 12.0 Å². The van der Waals surface area contributed by atoms with E-state index in [1.54, 1.807) is 18.1 Å². The van der Waals surface area contributed by atoms with Gasteiger partial charge >= 0.3 is 0 Å². The summed E-state index contributed by atoms with van der Waals surface area (Å²) in [6, 6.07) is 26.9. The lowest BCUT2D eigenvalue weighted by atomic mass is 9.84. The number of piperidine rings is 3. The Morgan fingerprint density at radius 2 is 1.58 bits per heavy atom. The average molecular weight is 764 g/mol. The quantitative estimate of drug-likeness (QED) is 0.140. The molecule has 11 heteroatoms. The van der Waals surface area contributed by atoms with Crippen LogP contribution in [0.25, 0.3) is 21.7 Å². The van der Waals surface area contributed by atoms with Gasteiger partial charge in [0.15, 0.2) is 0 Å². The first-order valence-corrected chi connectivity index (χ1v) is 18.7. The summed E-state index contributed by atoms with van der Waals surface area (Å²) in [6.45, 7) is 3.18. The van der Waals surface area contributed by atoms with E-state index < -0.39 is 23.9 Å². The summed E-state index contributed by atoms with van der Waals surface area (Å²) in [4.78, 5) is 62.9. The Bertz CT molecular complexity index is 2090. The van der Waals surface area contributed by atoms with Gasteiger partial charge in [-0.1, -0.05) is 88.7 Å². The van der Waals surface area contributed by atoms with E-state index in [4.69, 9.17) is 0 Å². The van der Waals surface area contributed by atoms with Crippen LogP contribution in [-0.4, -0.2) is 83.2 Å². The number of likely N-dealkylation sites (N-methyl/N-ethyl adjacent to an activating group) is 1.